The maximum absolute atomic E-state index is 13.6. The number of nitrogens with zero attached hydrogens (tertiary/aromatic N) is 1. The van der Waals surface area contributed by atoms with E-state index < -0.39 is 16.7 Å². The first kappa shape index (κ1) is 18.7. The Morgan fingerprint density at radius 2 is 1.59 bits per heavy atom. The highest BCUT2D eigenvalue weighted by Gasteiger charge is 2.19. The fourth-order valence-corrected chi connectivity index (χ4v) is 3.24. The molecule has 6 nitrogen and oxygen atoms in total. The summed E-state index contributed by atoms with van der Waals surface area (Å²) in [6.07, 6.45) is 0.285. The van der Waals surface area contributed by atoms with Crippen molar-refractivity contribution in [2.75, 3.05) is 6.79 Å². The summed E-state index contributed by atoms with van der Waals surface area (Å²) in [5.74, 6) is -0.138. The molecule has 8 heteroatoms. The van der Waals surface area contributed by atoms with Gasteiger partial charge in [-0.1, -0.05) is 24.3 Å². The second-order valence-corrected chi connectivity index (χ2v) is 6.51. The Morgan fingerprint density at radius 1 is 0.931 bits per heavy atom. The summed E-state index contributed by atoms with van der Waals surface area (Å²) in [5.41, 5.74) is 3.55. The summed E-state index contributed by atoms with van der Waals surface area (Å²) in [5, 5.41) is 9.49. The van der Waals surface area contributed by atoms with Gasteiger partial charge in [-0.25, -0.2) is 8.78 Å². The van der Waals surface area contributed by atoms with Crippen LogP contribution in [0.15, 0.2) is 54.6 Å². The molecule has 1 heterocycles. The van der Waals surface area contributed by atoms with Crippen molar-refractivity contribution >= 4 is 0 Å². The minimum atomic E-state index is -0.845. The molecule has 1 aliphatic heterocycles. The van der Waals surface area contributed by atoms with Gasteiger partial charge < -0.3 is 14.3 Å². The van der Waals surface area contributed by atoms with Gasteiger partial charge in [0, 0.05) is 6.07 Å². The quantitative estimate of drug-likeness (QED) is 0.445. The van der Waals surface area contributed by atoms with Crippen LogP contribution in [0.2, 0.25) is 0 Å². The Labute approximate surface area is 164 Å². The number of halogens is 2. The van der Waals surface area contributed by atoms with Crippen molar-refractivity contribution < 1.29 is 28.2 Å². The molecular weight excluding hydrogens is 384 g/mol. The predicted molar refractivity (Wildman–Crippen MR) is 98.9 cm³/mol. The minimum Gasteiger partial charge on any atom is -0.454 e. The van der Waals surface area contributed by atoms with Crippen LogP contribution in [0.4, 0.5) is 8.78 Å². The Balaban J connectivity index is 1.69. The van der Waals surface area contributed by atoms with Crippen LogP contribution in [0.3, 0.4) is 0 Å². The molecule has 0 fully saturated rings. The summed E-state index contributed by atoms with van der Waals surface area (Å²) >= 11 is 0. The molecule has 29 heavy (non-hydrogen) atoms. The van der Waals surface area contributed by atoms with Crippen molar-refractivity contribution in [3.05, 3.63) is 93.0 Å². The van der Waals surface area contributed by atoms with Crippen molar-refractivity contribution in [2.45, 2.75) is 13.0 Å². The average molecular weight is 399 g/mol. The average Bonchev–Trinajstić information content (AvgIpc) is 3.13. The van der Waals surface area contributed by atoms with Crippen LogP contribution >= 0.6 is 0 Å². The lowest BCUT2D eigenvalue weighted by Crippen LogP contribution is -2.00. The zero-order valence-electron chi connectivity index (χ0n) is 15.1. The number of rotatable bonds is 6. The van der Waals surface area contributed by atoms with Gasteiger partial charge in [0.1, 0.15) is 18.2 Å². The lowest BCUT2D eigenvalue weighted by molar-refractivity contribution is -0.763. The summed E-state index contributed by atoms with van der Waals surface area (Å²) in [7, 11) is 0. The molecule has 3 aromatic rings. The molecule has 0 bridgehead atoms. The van der Waals surface area contributed by atoms with Crippen LogP contribution in [-0.4, -0.2) is 11.9 Å². The van der Waals surface area contributed by atoms with Gasteiger partial charge in [-0.2, -0.15) is 0 Å². The molecule has 148 valence electrons. The molecule has 0 saturated heterocycles. The van der Waals surface area contributed by atoms with Gasteiger partial charge in [-0.15, -0.1) is 10.1 Å². The van der Waals surface area contributed by atoms with E-state index in [1.54, 1.807) is 30.3 Å². The number of ether oxygens (including phenoxy) is 2. The Kier molecular flexibility index (Phi) is 4.99. The third-order valence-electron chi connectivity index (χ3n) is 4.52. The second-order valence-electron chi connectivity index (χ2n) is 6.51. The number of benzene rings is 3. The minimum absolute atomic E-state index is 0.101. The SMILES string of the molecule is O=[N+]([O-])OCc1ccc(-c2cc3c(cc2Cc2cc(F)cc(F)c2)OCO3)cc1. The number of fused-ring (bicyclic) bond motifs is 1. The standard InChI is InChI=1S/C21H15F2NO5/c22-17-6-14(7-18(23)9-17)5-16-8-20-21(28-12-27-20)10-19(16)15-3-1-13(2-4-15)11-29-24(25)26/h1-4,6-10H,5,11-12H2. The van der Waals surface area contributed by atoms with E-state index >= 15 is 0 Å². The topological polar surface area (TPSA) is 70.8 Å². The molecule has 4 rings (SSSR count). The van der Waals surface area contributed by atoms with Gasteiger partial charge in [0.25, 0.3) is 5.09 Å². The maximum atomic E-state index is 13.6. The third-order valence-corrected chi connectivity index (χ3v) is 4.52. The van der Waals surface area contributed by atoms with Gasteiger partial charge in [0.05, 0.1) is 0 Å². The molecule has 0 radical (unpaired) electrons. The van der Waals surface area contributed by atoms with E-state index in [0.29, 0.717) is 22.6 Å². The van der Waals surface area contributed by atoms with Crippen molar-refractivity contribution in [1.82, 2.24) is 0 Å². The van der Waals surface area contributed by atoms with E-state index in [1.165, 1.54) is 12.1 Å². The van der Waals surface area contributed by atoms with E-state index in [1.807, 2.05) is 6.07 Å². The summed E-state index contributed by atoms with van der Waals surface area (Å²) in [6.45, 7) is -0.0478. The first-order chi connectivity index (χ1) is 14.0. The highest BCUT2D eigenvalue weighted by Crippen LogP contribution is 2.39. The van der Waals surface area contributed by atoms with Crippen LogP contribution in [0.5, 0.6) is 11.5 Å². The first-order valence-corrected chi connectivity index (χ1v) is 8.72. The van der Waals surface area contributed by atoms with E-state index in [9.17, 15) is 18.9 Å². The van der Waals surface area contributed by atoms with Crippen LogP contribution in [0.1, 0.15) is 16.7 Å². The molecule has 0 saturated carbocycles. The van der Waals surface area contributed by atoms with Gasteiger partial charge in [0.2, 0.25) is 6.79 Å². The molecular formula is C21H15F2NO5. The summed E-state index contributed by atoms with van der Waals surface area (Å²) in [6, 6.07) is 14.0. The molecule has 0 spiro atoms. The van der Waals surface area contributed by atoms with Crippen LogP contribution in [0, 0.1) is 21.7 Å². The first-order valence-electron chi connectivity index (χ1n) is 8.72. The van der Waals surface area contributed by atoms with E-state index in [4.69, 9.17) is 9.47 Å². The summed E-state index contributed by atoms with van der Waals surface area (Å²) in [4.78, 5) is 14.7. The third kappa shape index (κ3) is 4.26. The van der Waals surface area contributed by atoms with Crippen LogP contribution in [-0.2, 0) is 17.9 Å². The van der Waals surface area contributed by atoms with Crippen LogP contribution < -0.4 is 9.47 Å². The normalized spacial score (nSPS) is 12.1. The lowest BCUT2D eigenvalue weighted by atomic mass is 9.93. The molecule has 0 aromatic heterocycles. The Bertz CT molecular complexity index is 1050. The van der Waals surface area contributed by atoms with Crippen molar-refractivity contribution in [3.63, 3.8) is 0 Å². The predicted octanol–water partition coefficient (Wildman–Crippen LogP) is 4.66. The van der Waals surface area contributed by atoms with E-state index in [0.717, 1.165) is 22.8 Å². The zero-order chi connectivity index (χ0) is 20.4. The maximum Gasteiger partial charge on any atom is 0.294 e. The highest BCUT2D eigenvalue weighted by atomic mass is 19.1. The number of hydrogen-bond donors (Lipinski definition) is 0. The molecule has 0 aliphatic carbocycles. The molecule has 0 unspecified atom stereocenters. The molecule has 0 atom stereocenters. The fraction of sp³-hybridized carbons (Fsp3) is 0.143. The fourth-order valence-electron chi connectivity index (χ4n) is 3.24. The zero-order valence-corrected chi connectivity index (χ0v) is 15.1. The van der Waals surface area contributed by atoms with Crippen molar-refractivity contribution in [2.24, 2.45) is 0 Å². The van der Waals surface area contributed by atoms with E-state index in [2.05, 4.69) is 4.84 Å². The Morgan fingerprint density at radius 3 is 2.24 bits per heavy atom. The van der Waals surface area contributed by atoms with Gasteiger partial charge in [-0.3, -0.25) is 0 Å². The monoisotopic (exact) mass is 399 g/mol. The molecule has 0 amide bonds. The smallest absolute Gasteiger partial charge is 0.294 e. The largest absolute Gasteiger partial charge is 0.454 e. The van der Waals surface area contributed by atoms with Crippen molar-refractivity contribution in [1.29, 1.82) is 0 Å². The summed E-state index contributed by atoms with van der Waals surface area (Å²) < 4.78 is 38.1. The number of hydrogen-bond acceptors (Lipinski definition) is 5. The van der Waals surface area contributed by atoms with Gasteiger partial charge in [-0.05, 0) is 58.5 Å². The van der Waals surface area contributed by atoms with Crippen LogP contribution in [0.25, 0.3) is 11.1 Å². The lowest BCUT2D eigenvalue weighted by Gasteiger charge is -2.13. The Hall–Kier alpha value is -3.68. The molecule has 0 N–H and O–H groups in total. The van der Waals surface area contributed by atoms with E-state index in [-0.39, 0.29) is 19.8 Å². The van der Waals surface area contributed by atoms with Crippen molar-refractivity contribution in [3.8, 4) is 22.6 Å². The molecule has 1 aliphatic rings. The van der Waals surface area contributed by atoms with Gasteiger partial charge >= 0.3 is 0 Å². The van der Waals surface area contributed by atoms with Gasteiger partial charge in [0.15, 0.2) is 11.5 Å². The molecule has 3 aromatic carbocycles. The highest BCUT2D eigenvalue weighted by molar-refractivity contribution is 5.72. The second kappa shape index (κ2) is 7.75.